The monoisotopic (exact) mass is 225 g/mol. The lowest BCUT2D eigenvalue weighted by molar-refractivity contribution is -0.00612. The molecule has 0 aromatic carbocycles. The molecule has 92 valence electrons. The van der Waals surface area contributed by atoms with Crippen LogP contribution in [-0.2, 0) is 4.74 Å². The molecule has 1 fully saturated rings. The lowest BCUT2D eigenvalue weighted by Gasteiger charge is -2.18. The minimum absolute atomic E-state index is 0.360. The van der Waals surface area contributed by atoms with Gasteiger partial charge in [-0.05, 0) is 25.7 Å². The molecular weight excluding hydrogens is 202 g/mol. The van der Waals surface area contributed by atoms with Crippen molar-refractivity contribution in [1.82, 2.24) is 5.32 Å². The van der Waals surface area contributed by atoms with Crippen LogP contribution in [0.25, 0.3) is 0 Å². The third kappa shape index (κ3) is 3.89. The Hall–Kier alpha value is -0.380. The van der Waals surface area contributed by atoms with Gasteiger partial charge in [-0.1, -0.05) is 25.0 Å². The number of nitrogens with one attached hydrogen (secondary N) is 1. The summed E-state index contributed by atoms with van der Waals surface area (Å²) in [4.78, 5) is 0. The van der Waals surface area contributed by atoms with Crippen LogP contribution in [0.1, 0.15) is 38.5 Å². The van der Waals surface area contributed by atoms with E-state index in [1.54, 1.807) is 0 Å². The first-order valence-corrected chi connectivity index (χ1v) is 6.52. The molecule has 0 aromatic heterocycles. The Morgan fingerprint density at radius 3 is 2.62 bits per heavy atom. The molecule has 0 bridgehead atoms. The Labute approximate surface area is 97.9 Å². The molecule has 16 heavy (non-hydrogen) atoms. The largest absolute Gasteiger partial charge is 0.389 e. The molecule has 0 heterocycles. The molecule has 0 aliphatic heterocycles. The SMILES string of the molecule is OC(CNC1CC=CC1)COC1CCCC1. The fourth-order valence-corrected chi connectivity index (χ4v) is 2.45. The summed E-state index contributed by atoms with van der Waals surface area (Å²) in [5.41, 5.74) is 0. The van der Waals surface area contributed by atoms with E-state index in [0.717, 1.165) is 12.8 Å². The van der Waals surface area contributed by atoms with E-state index in [4.69, 9.17) is 4.74 Å². The Kier molecular flexibility index (Phi) is 4.82. The maximum Gasteiger partial charge on any atom is 0.0897 e. The van der Waals surface area contributed by atoms with Gasteiger partial charge < -0.3 is 15.2 Å². The van der Waals surface area contributed by atoms with Crippen molar-refractivity contribution in [2.75, 3.05) is 13.2 Å². The molecular formula is C13H23NO2. The van der Waals surface area contributed by atoms with E-state index in [9.17, 15) is 5.11 Å². The van der Waals surface area contributed by atoms with Crippen molar-refractivity contribution in [1.29, 1.82) is 0 Å². The van der Waals surface area contributed by atoms with Crippen molar-refractivity contribution in [2.24, 2.45) is 0 Å². The van der Waals surface area contributed by atoms with Gasteiger partial charge in [0.1, 0.15) is 0 Å². The van der Waals surface area contributed by atoms with Crippen LogP contribution in [0.5, 0.6) is 0 Å². The summed E-state index contributed by atoms with van der Waals surface area (Å²) in [5.74, 6) is 0. The van der Waals surface area contributed by atoms with E-state index in [2.05, 4.69) is 17.5 Å². The number of rotatable bonds is 6. The Bertz CT molecular complexity index is 210. The molecule has 0 spiro atoms. The molecule has 0 saturated heterocycles. The molecule has 2 aliphatic rings. The summed E-state index contributed by atoms with van der Waals surface area (Å²) >= 11 is 0. The summed E-state index contributed by atoms with van der Waals surface area (Å²) in [6.45, 7) is 1.14. The summed E-state index contributed by atoms with van der Waals surface area (Å²) in [6.07, 6.45) is 11.5. The zero-order valence-electron chi connectivity index (χ0n) is 9.90. The Balaban J connectivity index is 1.51. The van der Waals surface area contributed by atoms with E-state index in [0.29, 0.717) is 25.3 Å². The molecule has 3 nitrogen and oxygen atoms in total. The summed E-state index contributed by atoms with van der Waals surface area (Å²) in [7, 11) is 0. The van der Waals surface area contributed by atoms with Gasteiger partial charge in [-0.3, -0.25) is 0 Å². The first kappa shape index (κ1) is 12.1. The van der Waals surface area contributed by atoms with Gasteiger partial charge in [0.2, 0.25) is 0 Å². The van der Waals surface area contributed by atoms with Gasteiger partial charge in [-0.15, -0.1) is 0 Å². The van der Waals surface area contributed by atoms with Gasteiger partial charge in [0.15, 0.2) is 0 Å². The molecule has 0 aromatic rings. The normalized spacial score (nSPS) is 24.3. The van der Waals surface area contributed by atoms with Crippen molar-refractivity contribution in [2.45, 2.75) is 56.8 Å². The second-order valence-corrected chi connectivity index (χ2v) is 4.94. The first-order valence-electron chi connectivity index (χ1n) is 6.52. The van der Waals surface area contributed by atoms with Gasteiger partial charge in [0.05, 0.1) is 18.8 Å². The first-order chi connectivity index (χ1) is 7.84. The van der Waals surface area contributed by atoms with Crippen LogP contribution in [-0.4, -0.2) is 36.5 Å². The smallest absolute Gasteiger partial charge is 0.0897 e. The third-order valence-corrected chi connectivity index (χ3v) is 3.48. The van der Waals surface area contributed by atoms with Crippen LogP contribution >= 0.6 is 0 Å². The van der Waals surface area contributed by atoms with Crippen LogP contribution in [0.15, 0.2) is 12.2 Å². The van der Waals surface area contributed by atoms with E-state index < -0.39 is 0 Å². The molecule has 2 rings (SSSR count). The maximum atomic E-state index is 9.76. The highest BCUT2D eigenvalue weighted by atomic mass is 16.5. The second-order valence-electron chi connectivity index (χ2n) is 4.94. The van der Waals surface area contributed by atoms with E-state index in [1.807, 2.05) is 0 Å². The van der Waals surface area contributed by atoms with Crippen LogP contribution in [0.2, 0.25) is 0 Å². The number of aliphatic hydroxyl groups is 1. The fraction of sp³-hybridized carbons (Fsp3) is 0.846. The van der Waals surface area contributed by atoms with Crippen molar-refractivity contribution in [3.8, 4) is 0 Å². The molecule has 3 heteroatoms. The molecule has 1 unspecified atom stereocenters. The topological polar surface area (TPSA) is 41.5 Å². The molecule has 2 N–H and O–H groups in total. The molecule has 0 radical (unpaired) electrons. The standard InChI is InChI=1S/C13H23NO2/c15-12(9-14-11-5-1-2-6-11)10-16-13-7-3-4-8-13/h1-2,11-15H,3-10H2. The van der Waals surface area contributed by atoms with Crippen LogP contribution in [0, 0.1) is 0 Å². The lowest BCUT2D eigenvalue weighted by atomic mass is 10.2. The van der Waals surface area contributed by atoms with Gasteiger partial charge in [0, 0.05) is 12.6 Å². The van der Waals surface area contributed by atoms with Crippen molar-refractivity contribution in [3.63, 3.8) is 0 Å². The average Bonchev–Trinajstić information content (AvgIpc) is 2.96. The van der Waals surface area contributed by atoms with Crippen LogP contribution in [0.3, 0.4) is 0 Å². The summed E-state index contributed by atoms with van der Waals surface area (Å²) in [6, 6.07) is 0.529. The fourth-order valence-electron chi connectivity index (χ4n) is 2.45. The van der Waals surface area contributed by atoms with Crippen molar-refractivity contribution >= 4 is 0 Å². The van der Waals surface area contributed by atoms with Crippen LogP contribution in [0.4, 0.5) is 0 Å². The average molecular weight is 225 g/mol. The number of aliphatic hydroxyl groups excluding tert-OH is 1. The summed E-state index contributed by atoms with van der Waals surface area (Å²) in [5, 5.41) is 13.1. The number of hydrogen-bond acceptors (Lipinski definition) is 3. The zero-order valence-corrected chi connectivity index (χ0v) is 9.90. The summed E-state index contributed by atoms with van der Waals surface area (Å²) < 4.78 is 5.67. The lowest BCUT2D eigenvalue weighted by Crippen LogP contribution is -2.36. The predicted octanol–water partition coefficient (Wildman–Crippen LogP) is 1.61. The molecule has 2 aliphatic carbocycles. The molecule has 1 saturated carbocycles. The highest BCUT2D eigenvalue weighted by molar-refractivity contribution is 4.97. The molecule has 0 amide bonds. The third-order valence-electron chi connectivity index (χ3n) is 3.48. The van der Waals surface area contributed by atoms with Gasteiger partial charge in [-0.25, -0.2) is 0 Å². The maximum absolute atomic E-state index is 9.76. The quantitative estimate of drug-likeness (QED) is 0.675. The van der Waals surface area contributed by atoms with E-state index >= 15 is 0 Å². The van der Waals surface area contributed by atoms with Gasteiger partial charge in [0.25, 0.3) is 0 Å². The highest BCUT2D eigenvalue weighted by Crippen LogP contribution is 2.20. The minimum Gasteiger partial charge on any atom is -0.389 e. The predicted molar refractivity (Wildman–Crippen MR) is 64.4 cm³/mol. The Morgan fingerprint density at radius 2 is 1.94 bits per heavy atom. The zero-order chi connectivity index (χ0) is 11.2. The van der Waals surface area contributed by atoms with Gasteiger partial charge in [-0.2, -0.15) is 0 Å². The molecule has 1 atom stereocenters. The van der Waals surface area contributed by atoms with E-state index in [1.165, 1.54) is 25.7 Å². The number of ether oxygens (including phenoxy) is 1. The van der Waals surface area contributed by atoms with Crippen molar-refractivity contribution < 1.29 is 9.84 Å². The van der Waals surface area contributed by atoms with Crippen molar-refractivity contribution in [3.05, 3.63) is 12.2 Å². The van der Waals surface area contributed by atoms with Gasteiger partial charge >= 0.3 is 0 Å². The Morgan fingerprint density at radius 1 is 1.25 bits per heavy atom. The highest BCUT2D eigenvalue weighted by Gasteiger charge is 2.17. The van der Waals surface area contributed by atoms with E-state index in [-0.39, 0.29) is 6.10 Å². The van der Waals surface area contributed by atoms with Crippen LogP contribution < -0.4 is 5.32 Å². The minimum atomic E-state index is -0.360. The second kappa shape index (κ2) is 6.38. The number of hydrogen-bond donors (Lipinski definition) is 2.